The van der Waals surface area contributed by atoms with Gasteiger partial charge in [0.2, 0.25) is 10.0 Å². The summed E-state index contributed by atoms with van der Waals surface area (Å²) in [5, 5.41) is 0. The van der Waals surface area contributed by atoms with Gasteiger partial charge in [-0.1, -0.05) is 26.0 Å². The molecule has 0 bridgehead atoms. The minimum absolute atomic E-state index is 0.416. The van der Waals surface area contributed by atoms with E-state index in [9.17, 15) is 8.42 Å². The Morgan fingerprint density at radius 1 is 1.53 bits per heavy atom. The van der Waals surface area contributed by atoms with Crippen LogP contribution in [0.5, 0.6) is 0 Å². The van der Waals surface area contributed by atoms with Gasteiger partial charge in [-0.15, -0.1) is 0 Å². The van der Waals surface area contributed by atoms with Crippen molar-refractivity contribution in [2.45, 2.75) is 26.7 Å². The Hall–Kier alpha value is -0.770. The van der Waals surface area contributed by atoms with Crippen LogP contribution >= 0.6 is 0 Å². The molecule has 86 valence electrons. The molecule has 3 nitrogen and oxygen atoms in total. The molecule has 1 unspecified atom stereocenters. The predicted octanol–water partition coefficient (Wildman–Crippen LogP) is 2.14. The molecule has 0 aliphatic heterocycles. The zero-order valence-electron chi connectivity index (χ0n) is 9.82. The quantitative estimate of drug-likeness (QED) is 0.743. The minimum atomic E-state index is -3.13. The number of hydrogen-bond donors (Lipinski definition) is 0. The van der Waals surface area contributed by atoms with E-state index in [4.69, 9.17) is 0 Å². The Labute approximate surface area is 92.5 Å². The van der Waals surface area contributed by atoms with Crippen molar-refractivity contribution in [2.24, 2.45) is 5.92 Å². The van der Waals surface area contributed by atoms with Crippen LogP contribution in [0.15, 0.2) is 23.4 Å². The Bertz CT molecular complexity index is 393. The van der Waals surface area contributed by atoms with Gasteiger partial charge in [0.15, 0.2) is 0 Å². The first-order valence-corrected chi connectivity index (χ1v) is 7.05. The van der Waals surface area contributed by atoms with Gasteiger partial charge in [0, 0.05) is 12.7 Å². The maximum atomic E-state index is 11.5. The Morgan fingerprint density at radius 3 is 2.60 bits per heavy atom. The topological polar surface area (TPSA) is 37.4 Å². The molecule has 1 rings (SSSR count). The lowest BCUT2D eigenvalue weighted by atomic mass is 9.94. The molecule has 1 aliphatic rings. The summed E-state index contributed by atoms with van der Waals surface area (Å²) in [4.78, 5) is 0. The number of rotatable bonds is 3. The second-order valence-corrected chi connectivity index (χ2v) is 6.11. The van der Waals surface area contributed by atoms with Crippen LogP contribution < -0.4 is 0 Å². The fraction of sp³-hybridized carbons (Fsp3) is 0.636. The molecule has 0 aromatic heterocycles. The molecule has 1 atom stereocenters. The van der Waals surface area contributed by atoms with Gasteiger partial charge in [0.25, 0.3) is 0 Å². The van der Waals surface area contributed by atoms with E-state index in [1.807, 2.05) is 13.0 Å². The summed E-state index contributed by atoms with van der Waals surface area (Å²) in [6.45, 7) is 4.14. The van der Waals surface area contributed by atoms with Crippen molar-refractivity contribution in [3.05, 3.63) is 23.4 Å². The van der Waals surface area contributed by atoms with Crippen molar-refractivity contribution in [1.29, 1.82) is 0 Å². The highest BCUT2D eigenvalue weighted by Crippen LogP contribution is 2.28. The van der Waals surface area contributed by atoms with Crippen molar-refractivity contribution in [3.63, 3.8) is 0 Å². The fourth-order valence-corrected chi connectivity index (χ4v) is 2.33. The summed E-state index contributed by atoms with van der Waals surface area (Å²) in [5.74, 6) is 0.416. The van der Waals surface area contributed by atoms with Crippen LogP contribution in [0.25, 0.3) is 0 Å². The minimum Gasteiger partial charge on any atom is -0.277 e. The van der Waals surface area contributed by atoms with Crippen molar-refractivity contribution in [1.82, 2.24) is 4.31 Å². The smallest absolute Gasteiger partial charge is 0.231 e. The first-order valence-electron chi connectivity index (χ1n) is 5.20. The van der Waals surface area contributed by atoms with Crippen molar-refractivity contribution in [3.8, 4) is 0 Å². The van der Waals surface area contributed by atoms with Gasteiger partial charge in [-0.25, -0.2) is 8.42 Å². The van der Waals surface area contributed by atoms with E-state index in [1.165, 1.54) is 10.6 Å². The molecular formula is C11H19NO2S. The lowest BCUT2D eigenvalue weighted by molar-refractivity contribution is 0.496. The van der Waals surface area contributed by atoms with Gasteiger partial charge in [0.05, 0.1) is 6.26 Å². The SMILES string of the molecule is CCC1=C(N(C)S(C)(=O)=O)CC(C)C=C1. The molecule has 0 radical (unpaired) electrons. The van der Waals surface area contributed by atoms with Crippen LogP contribution in [0.2, 0.25) is 0 Å². The van der Waals surface area contributed by atoms with E-state index in [0.717, 1.165) is 24.1 Å². The van der Waals surface area contributed by atoms with Crippen molar-refractivity contribution in [2.75, 3.05) is 13.3 Å². The maximum Gasteiger partial charge on any atom is 0.231 e. The van der Waals surface area contributed by atoms with Crippen molar-refractivity contribution < 1.29 is 8.42 Å². The van der Waals surface area contributed by atoms with Gasteiger partial charge in [-0.2, -0.15) is 0 Å². The summed E-state index contributed by atoms with van der Waals surface area (Å²) in [7, 11) is -1.50. The standard InChI is InChI=1S/C11H19NO2S/c1-5-10-7-6-9(2)8-11(10)12(3)15(4,13)14/h6-7,9H,5,8H2,1-4H3. The molecule has 4 heteroatoms. The summed E-state index contributed by atoms with van der Waals surface area (Å²) in [6, 6.07) is 0. The maximum absolute atomic E-state index is 11.5. The third-order valence-corrected chi connectivity index (χ3v) is 3.99. The van der Waals surface area contributed by atoms with Crippen LogP contribution in [0.1, 0.15) is 26.7 Å². The van der Waals surface area contributed by atoms with Gasteiger partial charge < -0.3 is 0 Å². The molecule has 0 aromatic carbocycles. The highest BCUT2D eigenvalue weighted by Gasteiger charge is 2.21. The lowest BCUT2D eigenvalue weighted by Gasteiger charge is -2.27. The summed E-state index contributed by atoms with van der Waals surface area (Å²) >= 11 is 0. The van der Waals surface area contributed by atoms with Crippen LogP contribution in [-0.2, 0) is 10.0 Å². The van der Waals surface area contributed by atoms with Gasteiger partial charge in [-0.05, 0) is 24.3 Å². The summed E-state index contributed by atoms with van der Waals surface area (Å²) in [6.07, 6.45) is 7.11. The first kappa shape index (κ1) is 12.3. The monoisotopic (exact) mass is 229 g/mol. The zero-order chi connectivity index (χ0) is 11.6. The second kappa shape index (κ2) is 4.39. The Kier molecular flexibility index (Phi) is 3.60. The molecular weight excluding hydrogens is 210 g/mol. The van der Waals surface area contributed by atoms with Crippen LogP contribution in [0.4, 0.5) is 0 Å². The van der Waals surface area contributed by atoms with Crippen LogP contribution in [0.3, 0.4) is 0 Å². The van der Waals surface area contributed by atoms with E-state index in [2.05, 4.69) is 13.0 Å². The van der Waals surface area contributed by atoms with E-state index in [-0.39, 0.29) is 0 Å². The van der Waals surface area contributed by atoms with Crippen molar-refractivity contribution >= 4 is 10.0 Å². The molecule has 0 heterocycles. The van der Waals surface area contributed by atoms with Crippen LogP contribution in [-0.4, -0.2) is 26.0 Å². The van der Waals surface area contributed by atoms with Gasteiger partial charge in [-0.3, -0.25) is 4.31 Å². The average molecular weight is 229 g/mol. The second-order valence-electron chi connectivity index (χ2n) is 4.10. The largest absolute Gasteiger partial charge is 0.277 e. The molecule has 0 saturated carbocycles. The van der Waals surface area contributed by atoms with Gasteiger partial charge >= 0.3 is 0 Å². The highest BCUT2D eigenvalue weighted by atomic mass is 32.2. The molecule has 0 N–H and O–H groups in total. The van der Waals surface area contributed by atoms with E-state index >= 15 is 0 Å². The molecule has 0 saturated heterocycles. The molecule has 15 heavy (non-hydrogen) atoms. The highest BCUT2D eigenvalue weighted by molar-refractivity contribution is 7.88. The average Bonchev–Trinajstić information content (AvgIpc) is 2.15. The Morgan fingerprint density at radius 2 is 2.13 bits per heavy atom. The van der Waals surface area contributed by atoms with E-state index < -0.39 is 10.0 Å². The summed E-state index contributed by atoms with van der Waals surface area (Å²) in [5.41, 5.74) is 2.07. The van der Waals surface area contributed by atoms with Gasteiger partial charge in [0.1, 0.15) is 0 Å². The third kappa shape index (κ3) is 2.84. The molecule has 0 fully saturated rings. The number of sulfonamides is 1. The molecule has 1 aliphatic carbocycles. The number of allylic oxidation sites excluding steroid dienone is 4. The molecule has 0 amide bonds. The Balaban J connectivity index is 3.09. The third-order valence-electron chi connectivity index (χ3n) is 2.77. The fourth-order valence-electron chi connectivity index (χ4n) is 1.73. The predicted molar refractivity (Wildman–Crippen MR) is 62.8 cm³/mol. The first-order chi connectivity index (χ1) is 6.86. The van der Waals surface area contributed by atoms with E-state index in [1.54, 1.807) is 7.05 Å². The number of hydrogen-bond acceptors (Lipinski definition) is 2. The zero-order valence-corrected chi connectivity index (χ0v) is 10.6. The van der Waals surface area contributed by atoms with E-state index in [0.29, 0.717) is 5.92 Å². The molecule has 0 aromatic rings. The normalized spacial score (nSPS) is 22.0. The molecule has 0 spiro atoms. The lowest BCUT2D eigenvalue weighted by Crippen LogP contribution is -2.27. The number of nitrogens with zero attached hydrogens (tertiary/aromatic N) is 1. The summed E-state index contributed by atoms with van der Waals surface area (Å²) < 4.78 is 24.3. The van der Waals surface area contributed by atoms with Crippen LogP contribution in [0, 0.1) is 5.92 Å².